The molecule has 0 aromatic carbocycles. The molecule has 0 N–H and O–H groups in total. The lowest BCUT2D eigenvalue weighted by atomic mass is 10.2. The number of morpholine rings is 1. The second-order valence-electron chi connectivity index (χ2n) is 3.97. The Balaban J connectivity index is 2.16. The summed E-state index contributed by atoms with van der Waals surface area (Å²) < 4.78 is 10.9. The van der Waals surface area contributed by atoms with E-state index in [9.17, 15) is 0 Å². The van der Waals surface area contributed by atoms with Gasteiger partial charge in [-0.3, -0.25) is 0 Å². The standard InChI is InChI=1S/C11H17ClN4O2/c1-3-8-7-16(5-6-18-8)10-13-9(12)14-11(15-10)17-4-2/h8H,3-7H2,1-2H3. The van der Waals surface area contributed by atoms with Crippen molar-refractivity contribution in [3.05, 3.63) is 5.28 Å². The Bertz CT molecular complexity index is 405. The van der Waals surface area contributed by atoms with Crippen LogP contribution in [0.2, 0.25) is 5.28 Å². The highest BCUT2D eigenvalue weighted by Gasteiger charge is 2.22. The molecule has 0 radical (unpaired) electrons. The molecule has 1 aliphatic heterocycles. The molecule has 1 fully saturated rings. The topological polar surface area (TPSA) is 60.4 Å². The molecule has 1 aromatic heterocycles. The van der Waals surface area contributed by atoms with Gasteiger partial charge in [-0.15, -0.1) is 0 Å². The number of ether oxygens (including phenoxy) is 2. The molecule has 1 saturated heterocycles. The minimum Gasteiger partial charge on any atom is -0.464 e. The number of nitrogens with zero attached hydrogens (tertiary/aromatic N) is 4. The average Bonchev–Trinajstić information content (AvgIpc) is 2.38. The van der Waals surface area contributed by atoms with E-state index in [-0.39, 0.29) is 17.4 Å². The monoisotopic (exact) mass is 272 g/mol. The average molecular weight is 273 g/mol. The molecule has 0 spiro atoms. The fourth-order valence-electron chi connectivity index (χ4n) is 1.81. The molecule has 0 amide bonds. The smallest absolute Gasteiger partial charge is 0.322 e. The van der Waals surface area contributed by atoms with Gasteiger partial charge in [-0.05, 0) is 24.9 Å². The normalized spacial score (nSPS) is 19.9. The molecular weight excluding hydrogens is 256 g/mol. The molecule has 18 heavy (non-hydrogen) atoms. The molecule has 1 atom stereocenters. The molecule has 2 heterocycles. The van der Waals surface area contributed by atoms with Crippen LogP contribution in [0, 0.1) is 0 Å². The number of anilines is 1. The lowest BCUT2D eigenvalue weighted by Crippen LogP contribution is -2.43. The van der Waals surface area contributed by atoms with Crippen molar-refractivity contribution in [3.8, 4) is 6.01 Å². The largest absolute Gasteiger partial charge is 0.464 e. The van der Waals surface area contributed by atoms with Crippen molar-refractivity contribution in [2.45, 2.75) is 26.4 Å². The van der Waals surface area contributed by atoms with Gasteiger partial charge in [0.2, 0.25) is 11.2 Å². The molecule has 1 aromatic rings. The molecule has 1 unspecified atom stereocenters. The summed E-state index contributed by atoms with van der Waals surface area (Å²) in [6.07, 6.45) is 1.18. The second-order valence-corrected chi connectivity index (χ2v) is 4.31. The predicted octanol–water partition coefficient (Wildman–Crippen LogP) is 1.54. The summed E-state index contributed by atoms with van der Waals surface area (Å²) in [7, 11) is 0. The van der Waals surface area contributed by atoms with Gasteiger partial charge in [0, 0.05) is 13.1 Å². The highest BCUT2D eigenvalue weighted by molar-refractivity contribution is 6.28. The van der Waals surface area contributed by atoms with Crippen LogP contribution < -0.4 is 9.64 Å². The number of rotatable bonds is 4. The number of hydrogen-bond acceptors (Lipinski definition) is 6. The zero-order valence-electron chi connectivity index (χ0n) is 10.6. The van der Waals surface area contributed by atoms with Crippen molar-refractivity contribution < 1.29 is 9.47 Å². The van der Waals surface area contributed by atoms with E-state index in [1.165, 1.54) is 0 Å². The SMILES string of the molecule is CCOc1nc(Cl)nc(N2CCOC(CC)C2)n1. The van der Waals surface area contributed by atoms with E-state index in [1.807, 2.05) is 11.8 Å². The van der Waals surface area contributed by atoms with Crippen LogP contribution in [0.15, 0.2) is 0 Å². The van der Waals surface area contributed by atoms with Crippen LogP contribution >= 0.6 is 11.6 Å². The van der Waals surface area contributed by atoms with E-state index in [2.05, 4.69) is 21.9 Å². The number of hydrogen-bond donors (Lipinski definition) is 0. The van der Waals surface area contributed by atoms with Crippen LogP contribution in [0.4, 0.5) is 5.95 Å². The van der Waals surface area contributed by atoms with Gasteiger partial charge in [0.1, 0.15) is 0 Å². The predicted molar refractivity (Wildman–Crippen MR) is 68.3 cm³/mol. The molecule has 0 bridgehead atoms. The maximum Gasteiger partial charge on any atom is 0.322 e. The Kier molecular flexibility index (Phi) is 4.54. The first-order chi connectivity index (χ1) is 8.72. The van der Waals surface area contributed by atoms with E-state index in [0.29, 0.717) is 19.2 Å². The Hall–Kier alpha value is -1.14. The minimum absolute atomic E-state index is 0.156. The van der Waals surface area contributed by atoms with Gasteiger partial charge in [-0.25, -0.2) is 0 Å². The Morgan fingerprint density at radius 1 is 1.39 bits per heavy atom. The second kappa shape index (κ2) is 6.15. The molecule has 100 valence electrons. The van der Waals surface area contributed by atoms with Crippen LogP contribution in [-0.2, 0) is 4.74 Å². The Morgan fingerprint density at radius 3 is 2.94 bits per heavy atom. The quantitative estimate of drug-likeness (QED) is 0.829. The van der Waals surface area contributed by atoms with Gasteiger partial charge < -0.3 is 14.4 Å². The Labute approximate surface area is 111 Å². The van der Waals surface area contributed by atoms with Gasteiger partial charge in [0.15, 0.2) is 0 Å². The van der Waals surface area contributed by atoms with Gasteiger partial charge in [0.05, 0.1) is 19.3 Å². The number of aromatic nitrogens is 3. The van der Waals surface area contributed by atoms with E-state index < -0.39 is 0 Å². The van der Waals surface area contributed by atoms with Crippen molar-refractivity contribution in [2.24, 2.45) is 0 Å². The Morgan fingerprint density at radius 2 is 2.22 bits per heavy atom. The third kappa shape index (κ3) is 3.20. The van der Waals surface area contributed by atoms with E-state index in [1.54, 1.807) is 0 Å². The van der Waals surface area contributed by atoms with Crippen molar-refractivity contribution in [2.75, 3.05) is 31.2 Å². The molecule has 7 heteroatoms. The summed E-state index contributed by atoms with van der Waals surface area (Å²) in [4.78, 5) is 14.4. The van der Waals surface area contributed by atoms with Gasteiger partial charge in [0.25, 0.3) is 0 Å². The first kappa shape index (κ1) is 13.3. The van der Waals surface area contributed by atoms with E-state index >= 15 is 0 Å². The van der Waals surface area contributed by atoms with Crippen LogP contribution in [-0.4, -0.2) is 47.4 Å². The first-order valence-corrected chi connectivity index (χ1v) is 6.51. The summed E-state index contributed by atoms with van der Waals surface area (Å²) in [6.45, 7) is 6.66. The van der Waals surface area contributed by atoms with Gasteiger partial charge in [-0.2, -0.15) is 15.0 Å². The van der Waals surface area contributed by atoms with E-state index in [4.69, 9.17) is 21.1 Å². The maximum absolute atomic E-state index is 5.88. The highest BCUT2D eigenvalue weighted by Crippen LogP contribution is 2.18. The van der Waals surface area contributed by atoms with Crippen LogP contribution in [0.1, 0.15) is 20.3 Å². The summed E-state index contributed by atoms with van der Waals surface area (Å²) in [5, 5.41) is 0.156. The highest BCUT2D eigenvalue weighted by atomic mass is 35.5. The summed E-state index contributed by atoms with van der Waals surface area (Å²) in [5.74, 6) is 0.556. The molecule has 0 aliphatic carbocycles. The zero-order valence-corrected chi connectivity index (χ0v) is 11.4. The lowest BCUT2D eigenvalue weighted by molar-refractivity contribution is 0.0378. The lowest BCUT2D eigenvalue weighted by Gasteiger charge is -2.32. The molecule has 6 nitrogen and oxygen atoms in total. The zero-order chi connectivity index (χ0) is 13.0. The minimum atomic E-state index is 0.156. The molecule has 1 aliphatic rings. The fraction of sp³-hybridized carbons (Fsp3) is 0.727. The first-order valence-electron chi connectivity index (χ1n) is 6.13. The third-order valence-corrected chi connectivity index (χ3v) is 2.90. The number of halogens is 1. The molecular formula is C11H17ClN4O2. The maximum atomic E-state index is 5.88. The summed E-state index contributed by atoms with van der Waals surface area (Å²) >= 11 is 5.88. The van der Waals surface area contributed by atoms with Crippen molar-refractivity contribution in [1.29, 1.82) is 0 Å². The van der Waals surface area contributed by atoms with Crippen LogP contribution in [0.5, 0.6) is 6.01 Å². The van der Waals surface area contributed by atoms with Crippen molar-refractivity contribution in [1.82, 2.24) is 15.0 Å². The van der Waals surface area contributed by atoms with Crippen molar-refractivity contribution in [3.63, 3.8) is 0 Å². The summed E-state index contributed by atoms with van der Waals surface area (Å²) in [5.41, 5.74) is 0. The van der Waals surface area contributed by atoms with Crippen LogP contribution in [0.25, 0.3) is 0 Å². The van der Waals surface area contributed by atoms with Crippen molar-refractivity contribution >= 4 is 17.5 Å². The molecule has 0 saturated carbocycles. The van der Waals surface area contributed by atoms with E-state index in [0.717, 1.165) is 19.5 Å². The van der Waals surface area contributed by atoms with Gasteiger partial charge >= 0.3 is 6.01 Å². The van der Waals surface area contributed by atoms with Gasteiger partial charge in [-0.1, -0.05) is 6.92 Å². The summed E-state index contributed by atoms with van der Waals surface area (Å²) in [6, 6.07) is 0.270. The fourth-order valence-corrected chi connectivity index (χ4v) is 1.95. The van der Waals surface area contributed by atoms with Crippen LogP contribution in [0.3, 0.4) is 0 Å². The molecule has 2 rings (SSSR count). The third-order valence-electron chi connectivity index (χ3n) is 2.73.